The van der Waals surface area contributed by atoms with E-state index in [4.69, 9.17) is 34.2 Å². The highest BCUT2D eigenvalue weighted by atomic mass is 16.7. The summed E-state index contributed by atoms with van der Waals surface area (Å²) >= 11 is 0. The Kier molecular flexibility index (Phi) is 13.6. The van der Waals surface area contributed by atoms with Gasteiger partial charge < -0.3 is 34.2 Å². The molecule has 0 aliphatic carbocycles. The first-order valence-electron chi connectivity index (χ1n) is 12.6. The molecular formula is C27H41NO10. The third-order valence-corrected chi connectivity index (χ3v) is 4.96. The zero-order valence-electron chi connectivity index (χ0n) is 23.4. The summed E-state index contributed by atoms with van der Waals surface area (Å²) in [6, 6.07) is 4.33. The lowest BCUT2D eigenvalue weighted by atomic mass is 9.88. The molecule has 38 heavy (non-hydrogen) atoms. The van der Waals surface area contributed by atoms with E-state index >= 15 is 0 Å². The van der Waals surface area contributed by atoms with Crippen LogP contribution in [0.3, 0.4) is 0 Å². The molecule has 0 aliphatic heterocycles. The normalized spacial score (nSPS) is 12.6. The van der Waals surface area contributed by atoms with Gasteiger partial charge in [-0.1, -0.05) is 47.6 Å². The predicted molar refractivity (Wildman–Crippen MR) is 138 cm³/mol. The summed E-state index contributed by atoms with van der Waals surface area (Å²) in [6.07, 6.45) is -1.81. The molecule has 0 bridgehead atoms. The van der Waals surface area contributed by atoms with Crippen LogP contribution < -0.4 is 15.2 Å². The lowest BCUT2D eigenvalue weighted by Gasteiger charge is -2.27. The third-order valence-electron chi connectivity index (χ3n) is 4.96. The fraction of sp³-hybridized carbons (Fsp3) is 0.630. The molecule has 0 amide bonds. The van der Waals surface area contributed by atoms with E-state index in [0.717, 1.165) is 0 Å². The minimum atomic E-state index is -1.55. The van der Waals surface area contributed by atoms with Crippen LogP contribution in [0.25, 0.3) is 0 Å². The Morgan fingerprint density at radius 3 is 1.87 bits per heavy atom. The molecule has 214 valence electrons. The molecule has 11 heteroatoms. The summed E-state index contributed by atoms with van der Waals surface area (Å²) in [5.41, 5.74) is 5.29. The molecule has 1 aromatic carbocycles. The quantitative estimate of drug-likeness (QED) is 0.203. The number of esters is 2. The van der Waals surface area contributed by atoms with Crippen molar-refractivity contribution in [2.45, 2.75) is 66.3 Å². The molecule has 0 aromatic heterocycles. The largest absolute Gasteiger partial charge is 0.513 e. The molecule has 0 spiro atoms. The Balaban J connectivity index is 3.14. The van der Waals surface area contributed by atoms with Crippen LogP contribution in [0, 0.1) is 17.8 Å². The van der Waals surface area contributed by atoms with E-state index in [0.29, 0.717) is 5.56 Å². The number of hydrogen-bond acceptors (Lipinski definition) is 11. The number of rotatable bonds is 14. The number of carbonyl (C=O) groups is 4. The van der Waals surface area contributed by atoms with Crippen molar-refractivity contribution >= 4 is 24.2 Å². The first-order chi connectivity index (χ1) is 17.7. The summed E-state index contributed by atoms with van der Waals surface area (Å²) in [7, 11) is 1.20. The zero-order valence-corrected chi connectivity index (χ0v) is 23.4. The van der Waals surface area contributed by atoms with Crippen molar-refractivity contribution in [3.05, 3.63) is 23.8 Å². The van der Waals surface area contributed by atoms with E-state index in [9.17, 15) is 19.2 Å². The number of benzene rings is 1. The van der Waals surface area contributed by atoms with Crippen molar-refractivity contribution in [1.29, 1.82) is 0 Å². The van der Waals surface area contributed by atoms with Crippen LogP contribution in [0.15, 0.2) is 18.2 Å². The standard InChI is InChI=1S/C27H41NO10/c1-17(2)12-23(29)34-11-10-27(28,24(30)33-7)14-20-8-9-21(37-25(31)35-15-18(3)4)22(13-20)38-26(32)36-16-19(5)6/h8-9,13,17-19H,10-12,14-16,28H2,1-7H3/t27-/m1/s1. The van der Waals surface area contributed by atoms with Gasteiger partial charge in [0, 0.05) is 19.3 Å². The van der Waals surface area contributed by atoms with E-state index in [1.54, 1.807) is 6.07 Å². The van der Waals surface area contributed by atoms with Crippen LogP contribution in [0.2, 0.25) is 0 Å². The molecule has 2 N–H and O–H groups in total. The summed E-state index contributed by atoms with van der Waals surface area (Å²) in [5.74, 6) is -1.04. The molecule has 0 fully saturated rings. The molecule has 0 heterocycles. The SMILES string of the molecule is COC(=O)[C@@](N)(CCOC(=O)CC(C)C)Cc1ccc(OC(=O)OCC(C)C)c(OC(=O)OCC(C)C)c1. The van der Waals surface area contributed by atoms with Crippen LogP contribution in [0.4, 0.5) is 9.59 Å². The van der Waals surface area contributed by atoms with Crippen molar-refractivity contribution in [2.24, 2.45) is 23.5 Å². The smallest absolute Gasteiger partial charge is 0.468 e. The van der Waals surface area contributed by atoms with E-state index in [1.165, 1.54) is 19.2 Å². The van der Waals surface area contributed by atoms with Crippen LogP contribution in [0.1, 0.15) is 59.9 Å². The molecule has 1 atom stereocenters. The molecule has 0 radical (unpaired) electrons. The van der Waals surface area contributed by atoms with Gasteiger partial charge in [0.05, 0.1) is 26.9 Å². The Hall–Kier alpha value is -3.34. The second kappa shape index (κ2) is 15.8. The minimum Gasteiger partial charge on any atom is -0.468 e. The van der Waals surface area contributed by atoms with Crippen LogP contribution in [-0.2, 0) is 35.0 Å². The molecule has 0 unspecified atom stereocenters. The van der Waals surface area contributed by atoms with Gasteiger partial charge in [-0.05, 0) is 35.4 Å². The van der Waals surface area contributed by atoms with Crippen LogP contribution in [0.5, 0.6) is 11.5 Å². The second-order valence-corrected chi connectivity index (χ2v) is 10.3. The van der Waals surface area contributed by atoms with E-state index < -0.39 is 29.8 Å². The van der Waals surface area contributed by atoms with Gasteiger partial charge in [0.2, 0.25) is 0 Å². The van der Waals surface area contributed by atoms with Crippen molar-refractivity contribution in [3.63, 3.8) is 0 Å². The van der Waals surface area contributed by atoms with E-state index in [2.05, 4.69) is 0 Å². The lowest BCUT2D eigenvalue weighted by Crippen LogP contribution is -2.51. The number of methoxy groups -OCH3 is 1. The first kappa shape index (κ1) is 32.7. The summed E-state index contributed by atoms with van der Waals surface area (Å²) in [4.78, 5) is 48.8. The third kappa shape index (κ3) is 12.3. The Morgan fingerprint density at radius 2 is 1.37 bits per heavy atom. The highest BCUT2D eigenvalue weighted by molar-refractivity contribution is 5.81. The number of carbonyl (C=O) groups excluding carboxylic acids is 4. The summed E-state index contributed by atoms with van der Waals surface area (Å²) in [6.45, 7) is 11.4. The Labute approximate surface area is 224 Å². The van der Waals surface area contributed by atoms with Crippen LogP contribution in [-0.4, -0.2) is 56.7 Å². The predicted octanol–water partition coefficient (Wildman–Crippen LogP) is 4.42. The second-order valence-electron chi connectivity index (χ2n) is 10.3. The zero-order chi connectivity index (χ0) is 28.9. The summed E-state index contributed by atoms with van der Waals surface area (Å²) in [5, 5.41) is 0. The van der Waals surface area contributed by atoms with Gasteiger partial charge in [0.25, 0.3) is 0 Å². The average molecular weight is 540 g/mol. The highest BCUT2D eigenvalue weighted by Gasteiger charge is 2.36. The highest BCUT2D eigenvalue weighted by Crippen LogP contribution is 2.31. The molecule has 1 aromatic rings. The maximum atomic E-state index is 12.6. The lowest BCUT2D eigenvalue weighted by molar-refractivity contribution is -0.151. The molecule has 11 nitrogen and oxygen atoms in total. The molecule has 0 saturated heterocycles. The van der Waals surface area contributed by atoms with Gasteiger partial charge in [-0.25, -0.2) is 9.59 Å². The topological polar surface area (TPSA) is 150 Å². The van der Waals surface area contributed by atoms with Gasteiger partial charge >= 0.3 is 24.2 Å². The maximum absolute atomic E-state index is 12.6. The van der Waals surface area contributed by atoms with Gasteiger partial charge in [-0.2, -0.15) is 0 Å². The Morgan fingerprint density at radius 1 is 0.816 bits per heavy atom. The van der Waals surface area contributed by atoms with Crippen LogP contribution >= 0.6 is 0 Å². The van der Waals surface area contributed by atoms with Crippen molar-refractivity contribution < 1.29 is 47.6 Å². The van der Waals surface area contributed by atoms with Crippen molar-refractivity contribution in [3.8, 4) is 11.5 Å². The van der Waals surface area contributed by atoms with E-state index in [1.807, 2.05) is 41.5 Å². The maximum Gasteiger partial charge on any atom is 0.513 e. The Bertz CT molecular complexity index is 944. The number of nitrogens with two attached hydrogens (primary N) is 1. The minimum absolute atomic E-state index is 0.0179. The number of hydrogen-bond donors (Lipinski definition) is 1. The number of ether oxygens (including phenoxy) is 6. The fourth-order valence-electron chi connectivity index (χ4n) is 3.10. The fourth-order valence-corrected chi connectivity index (χ4v) is 3.10. The van der Waals surface area contributed by atoms with Gasteiger partial charge in [0.1, 0.15) is 5.54 Å². The average Bonchev–Trinajstić information content (AvgIpc) is 2.82. The van der Waals surface area contributed by atoms with Gasteiger partial charge in [-0.3, -0.25) is 9.59 Å². The molecular weight excluding hydrogens is 498 g/mol. The first-order valence-corrected chi connectivity index (χ1v) is 12.6. The molecule has 1 rings (SSSR count). The summed E-state index contributed by atoms with van der Waals surface area (Å²) < 4.78 is 30.7. The monoisotopic (exact) mass is 539 g/mol. The molecule has 0 aliphatic rings. The van der Waals surface area contributed by atoms with Crippen molar-refractivity contribution in [2.75, 3.05) is 26.9 Å². The van der Waals surface area contributed by atoms with Crippen molar-refractivity contribution in [1.82, 2.24) is 0 Å². The molecule has 0 saturated carbocycles. The van der Waals surface area contributed by atoms with Gasteiger partial charge in [0.15, 0.2) is 11.5 Å². The van der Waals surface area contributed by atoms with E-state index in [-0.39, 0.29) is 68.3 Å². The van der Waals surface area contributed by atoms with Gasteiger partial charge in [-0.15, -0.1) is 0 Å².